The fraction of sp³-hybridized carbons (Fsp3) is 0.579. The van der Waals surface area contributed by atoms with Crippen LogP contribution in [0.1, 0.15) is 42.5 Å². The SMILES string of the molecule is O=C(NC1CCN(C2CC2)C1)C1CCCN1C(=O)c1ccc(Br)cc1. The van der Waals surface area contributed by atoms with Gasteiger partial charge in [0.2, 0.25) is 5.91 Å². The summed E-state index contributed by atoms with van der Waals surface area (Å²) < 4.78 is 0.946. The van der Waals surface area contributed by atoms with Crippen molar-refractivity contribution in [3.05, 3.63) is 34.3 Å². The molecule has 0 radical (unpaired) electrons. The molecule has 2 amide bonds. The Hall–Kier alpha value is -1.40. The van der Waals surface area contributed by atoms with Gasteiger partial charge < -0.3 is 10.2 Å². The highest BCUT2D eigenvalue weighted by Gasteiger charge is 2.38. The number of carbonyl (C=O) groups excluding carboxylic acids is 2. The molecular formula is C19H24BrN3O2. The fourth-order valence-electron chi connectivity index (χ4n) is 4.01. The van der Waals surface area contributed by atoms with Crippen molar-refractivity contribution < 1.29 is 9.59 Å². The maximum absolute atomic E-state index is 12.8. The molecule has 2 saturated heterocycles. The number of hydrogen-bond acceptors (Lipinski definition) is 3. The molecule has 1 aromatic carbocycles. The van der Waals surface area contributed by atoms with Gasteiger partial charge in [-0.05, 0) is 56.4 Å². The molecule has 2 heterocycles. The predicted octanol–water partition coefficient (Wildman–Crippen LogP) is 2.41. The van der Waals surface area contributed by atoms with E-state index >= 15 is 0 Å². The molecule has 1 aliphatic carbocycles. The van der Waals surface area contributed by atoms with Crippen molar-refractivity contribution in [2.75, 3.05) is 19.6 Å². The third kappa shape index (κ3) is 3.75. The molecule has 1 N–H and O–H groups in total. The van der Waals surface area contributed by atoms with E-state index in [1.807, 2.05) is 24.3 Å². The van der Waals surface area contributed by atoms with Crippen molar-refractivity contribution >= 4 is 27.7 Å². The Kier molecular flexibility index (Phi) is 4.82. The van der Waals surface area contributed by atoms with E-state index in [9.17, 15) is 9.59 Å². The molecular weight excluding hydrogens is 382 g/mol. The van der Waals surface area contributed by atoms with Gasteiger partial charge in [-0.3, -0.25) is 14.5 Å². The number of hydrogen-bond donors (Lipinski definition) is 1. The van der Waals surface area contributed by atoms with Gasteiger partial charge in [-0.15, -0.1) is 0 Å². The van der Waals surface area contributed by atoms with Gasteiger partial charge in [0.05, 0.1) is 0 Å². The Bertz CT molecular complexity index is 659. The summed E-state index contributed by atoms with van der Waals surface area (Å²) in [6.07, 6.45) is 5.28. The zero-order valence-corrected chi connectivity index (χ0v) is 15.9. The van der Waals surface area contributed by atoms with Crippen molar-refractivity contribution in [3.8, 4) is 0 Å². The molecule has 2 unspecified atom stereocenters. The lowest BCUT2D eigenvalue weighted by Gasteiger charge is -2.25. The quantitative estimate of drug-likeness (QED) is 0.836. The van der Waals surface area contributed by atoms with Crippen LogP contribution in [-0.4, -0.2) is 59.4 Å². The summed E-state index contributed by atoms with van der Waals surface area (Å²) in [5.41, 5.74) is 0.642. The van der Waals surface area contributed by atoms with E-state index < -0.39 is 0 Å². The molecule has 1 saturated carbocycles. The van der Waals surface area contributed by atoms with Crippen molar-refractivity contribution in [1.29, 1.82) is 0 Å². The van der Waals surface area contributed by atoms with Crippen molar-refractivity contribution in [1.82, 2.24) is 15.1 Å². The standard InChI is InChI=1S/C19H24BrN3O2/c20-14-5-3-13(4-6-14)19(25)23-10-1-2-17(23)18(24)21-15-9-11-22(12-15)16-7-8-16/h3-6,15-17H,1-2,7-12H2,(H,21,24). The molecule has 25 heavy (non-hydrogen) atoms. The number of halogens is 1. The first-order valence-corrected chi connectivity index (χ1v) is 10.0. The topological polar surface area (TPSA) is 52.7 Å². The van der Waals surface area contributed by atoms with Crippen molar-refractivity contribution in [2.45, 2.75) is 50.2 Å². The van der Waals surface area contributed by atoms with E-state index in [0.717, 1.165) is 42.9 Å². The van der Waals surface area contributed by atoms with Crippen LogP contribution in [-0.2, 0) is 4.79 Å². The van der Waals surface area contributed by atoms with Crippen LogP contribution in [0.5, 0.6) is 0 Å². The van der Waals surface area contributed by atoms with Crippen LogP contribution >= 0.6 is 15.9 Å². The molecule has 3 aliphatic rings. The van der Waals surface area contributed by atoms with Crippen LogP contribution in [0.15, 0.2) is 28.7 Å². The number of nitrogens with zero attached hydrogens (tertiary/aromatic N) is 2. The van der Waals surface area contributed by atoms with Crippen LogP contribution < -0.4 is 5.32 Å². The maximum atomic E-state index is 12.8. The average molecular weight is 406 g/mol. The van der Waals surface area contributed by atoms with Crippen molar-refractivity contribution in [2.24, 2.45) is 0 Å². The summed E-state index contributed by atoms with van der Waals surface area (Å²) in [6.45, 7) is 2.71. The van der Waals surface area contributed by atoms with E-state index in [4.69, 9.17) is 0 Å². The normalized spacial score (nSPS) is 26.8. The Labute approximate surface area is 156 Å². The van der Waals surface area contributed by atoms with Gasteiger partial charge in [-0.2, -0.15) is 0 Å². The zero-order valence-electron chi connectivity index (χ0n) is 14.3. The Morgan fingerprint density at radius 3 is 2.52 bits per heavy atom. The molecule has 0 spiro atoms. The van der Waals surface area contributed by atoms with Crippen LogP contribution in [0.25, 0.3) is 0 Å². The smallest absolute Gasteiger partial charge is 0.254 e. The largest absolute Gasteiger partial charge is 0.350 e. The highest BCUT2D eigenvalue weighted by Crippen LogP contribution is 2.30. The van der Waals surface area contributed by atoms with Gasteiger partial charge in [-0.1, -0.05) is 15.9 Å². The number of nitrogens with one attached hydrogen (secondary N) is 1. The monoisotopic (exact) mass is 405 g/mol. The molecule has 2 aliphatic heterocycles. The summed E-state index contributed by atoms with van der Waals surface area (Å²) in [7, 11) is 0. The molecule has 0 aromatic heterocycles. The summed E-state index contributed by atoms with van der Waals surface area (Å²) in [5.74, 6) is -0.0261. The predicted molar refractivity (Wildman–Crippen MR) is 99.3 cm³/mol. The Morgan fingerprint density at radius 1 is 1.04 bits per heavy atom. The third-order valence-electron chi connectivity index (χ3n) is 5.54. The Morgan fingerprint density at radius 2 is 1.80 bits per heavy atom. The van der Waals surface area contributed by atoms with E-state index in [-0.39, 0.29) is 23.9 Å². The molecule has 3 fully saturated rings. The lowest BCUT2D eigenvalue weighted by Crippen LogP contribution is -2.49. The molecule has 0 bridgehead atoms. The van der Waals surface area contributed by atoms with Gasteiger partial charge >= 0.3 is 0 Å². The van der Waals surface area contributed by atoms with Gasteiger partial charge in [0.25, 0.3) is 5.91 Å². The lowest BCUT2D eigenvalue weighted by atomic mass is 10.1. The molecule has 4 rings (SSSR count). The van der Waals surface area contributed by atoms with Gasteiger partial charge in [-0.25, -0.2) is 0 Å². The minimum atomic E-state index is -0.328. The lowest BCUT2D eigenvalue weighted by molar-refractivity contribution is -0.125. The Balaban J connectivity index is 1.37. The minimum Gasteiger partial charge on any atom is -0.350 e. The summed E-state index contributed by atoms with van der Waals surface area (Å²) in [6, 6.07) is 8.01. The van der Waals surface area contributed by atoms with Gasteiger partial charge in [0.1, 0.15) is 6.04 Å². The summed E-state index contributed by atoms with van der Waals surface area (Å²) >= 11 is 3.39. The van der Waals surface area contributed by atoms with Crippen LogP contribution in [0.4, 0.5) is 0 Å². The third-order valence-corrected chi connectivity index (χ3v) is 6.07. The van der Waals surface area contributed by atoms with Crippen molar-refractivity contribution in [3.63, 3.8) is 0 Å². The average Bonchev–Trinajstić information content (AvgIpc) is 3.16. The molecule has 5 nitrogen and oxygen atoms in total. The zero-order chi connectivity index (χ0) is 17.4. The van der Waals surface area contributed by atoms with Crippen LogP contribution in [0, 0.1) is 0 Å². The first-order valence-electron chi connectivity index (χ1n) is 9.23. The summed E-state index contributed by atoms with van der Waals surface area (Å²) in [5, 5.41) is 3.20. The van der Waals surface area contributed by atoms with Crippen LogP contribution in [0.3, 0.4) is 0 Å². The molecule has 1 aromatic rings. The molecule has 2 atom stereocenters. The number of amides is 2. The molecule has 6 heteroatoms. The minimum absolute atomic E-state index is 0.0191. The van der Waals surface area contributed by atoms with Gasteiger partial charge in [0, 0.05) is 41.8 Å². The van der Waals surface area contributed by atoms with E-state index in [1.165, 1.54) is 12.8 Å². The summed E-state index contributed by atoms with van der Waals surface area (Å²) in [4.78, 5) is 29.8. The second kappa shape index (κ2) is 7.08. The highest BCUT2D eigenvalue weighted by atomic mass is 79.9. The second-order valence-corrected chi connectivity index (χ2v) is 8.30. The van der Waals surface area contributed by atoms with E-state index in [2.05, 4.69) is 26.1 Å². The number of carbonyl (C=O) groups is 2. The number of likely N-dealkylation sites (tertiary alicyclic amines) is 2. The molecule has 134 valence electrons. The fourth-order valence-corrected chi connectivity index (χ4v) is 4.28. The first kappa shape index (κ1) is 17.0. The van der Waals surface area contributed by atoms with Crippen LogP contribution in [0.2, 0.25) is 0 Å². The highest BCUT2D eigenvalue weighted by molar-refractivity contribution is 9.10. The maximum Gasteiger partial charge on any atom is 0.254 e. The van der Waals surface area contributed by atoms with E-state index in [1.54, 1.807) is 4.90 Å². The van der Waals surface area contributed by atoms with E-state index in [0.29, 0.717) is 12.1 Å². The van der Waals surface area contributed by atoms with Gasteiger partial charge in [0.15, 0.2) is 0 Å². The second-order valence-electron chi connectivity index (χ2n) is 7.38. The first-order chi connectivity index (χ1) is 12.1. The number of benzene rings is 1. The number of rotatable bonds is 4.